The van der Waals surface area contributed by atoms with Gasteiger partial charge in [-0.3, -0.25) is 9.67 Å². The Hall–Kier alpha value is -1.84. The van der Waals surface area contributed by atoms with Gasteiger partial charge in [0.1, 0.15) is 5.82 Å². The Kier molecular flexibility index (Phi) is 8.09. The van der Waals surface area contributed by atoms with E-state index in [0.29, 0.717) is 6.54 Å². The summed E-state index contributed by atoms with van der Waals surface area (Å²) in [5.74, 6) is 0.589. The third-order valence-electron chi connectivity index (χ3n) is 5.25. The maximum atomic E-state index is 13.5. The van der Waals surface area contributed by atoms with Crippen LogP contribution in [0.3, 0.4) is 0 Å². The van der Waals surface area contributed by atoms with Crippen molar-refractivity contribution in [3.8, 4) is 0 Å². The number of aromatic nitrogens is 2. The smallest absolute Gasteiger partial charge is 0.191 e. The molecule has 0 aliphatic carbocycles. The van der Waals surface area contributed by atoms with E-state index in [2.05, 4.69) is 32.5 Å². The summed E-state index contributed by atoms with van der Waals surface area (Å²) in [5.41, 5.74) is 4.33. The van der Waals surface area contributed by atoms with E-state index in [0.717, 1.165) is 49.0 Å². The second-order valence-corrected chi connectivity index (χ2v) is 7.11. The molecule has 0 saturated carbocycles. The van der Waals surface area contributed by atoms with Crippen LogP contribution in [0.4, 0.5) is 10.1 Å². The van der Waals surface area contributed by atoms with E-state index in [1.165, 1.54) is 11.6 Å². The lowest BCUT2D eigenvalue weighted by atomic mass is 10.0. The third kappa shape index (κ3) is 5.36. The highest BCUT2D eigenvalue weighted by molar-refractivity contribution is 14.0. The number of rotatable bonds is 4. The molecule has 1 fully saturated rings. The highest BCUT2D eigenvalue weighted by Gasteiger charge is 2.21. The second-order valence-electron chi connectivity index (χ2n) is 7.11. The minimum atomic E-state index is -0.192. The Morgan fingerprint density at radius 3 is 2.79 bits per heavy atom. The molecule has 1 atom stereocenters. The predicted octanol–water partition coefficient (Wildman–Crippen LogP) is 3.13. The summed E-state index contributed by atoms with van der Waals surface area (Å²) in [4.78, 5) is 6.59. The number of anilines is 1. The maximum absolute atomic E-state index is 13.5. The Bertz CT molecular complexity index is 819. The fraction of sp³-hybridized carbons (Fsp3) is 0.500. The van der Waals surface area contributed by atoms with Crippen molar-refractivity contribution in [3.05, 3.63) is 47.0 Å². The number of halogens is 2. The van der Waals surface area contributed by atoms with Crippen LogP contribution in [0.5, 0.6) is 0 Å². The third-order valence-corrected chi connectivity index (χ3v) is 5.25. The SMILES string of the molecule is CN=C(NCc1c(C)nn(C)c1C)NC1CCCN(c2cccc(F)c2)C1.I. The number of aliphatic imine (C=N–C) groups is 1. The van der Waals surface area contributed by atoms with Crippen LogP contribution < -0.4 is 15.5 Å². The molecule has 8 heteroatoms. The summed E-state index contributed by atoms with van der Waals surface area (Å²) in [6.07, 6.45) is 2.13. The molecule has 1 aromatic heterocycles. The molecule has 2 N–H and O–H groups in total. The molecule has 1 unspecified atom stereocenters. The molecule has 154 valence electrons. The van der Waals surface area contributed by atoms with Gasteiger partial charge in [-0.25, -0.2) is 4.39 Å². The monoisotopic (exact) mass is 500 g/mol. The van der Waals surface area contributed by atoms with Crippen molar-refractivity contribution >= 4 is 35.6 Å². The highest BCUT2D eigenvalue weighted by atomic mass is 127. The van der Waals surface area contributed by atoms with E-state index >= 15 is 0 Å². The van der Waals surface area contributed by atoms with Crippen molar-refractivity contribution in [2.45, 2.75) is 39.3 Å². The fourth-order valence-corrected chi connectivity index (χ4v) is 3.64. The van der Waals surface area contributed by atoms with Gasteiger partial charge in [-0.05, 0) is 44.9 Å². The van der Waals surface area contributed by atoms with Gasteiger partial charge in [0.25, 0.3) is 0 Å². The summed E-state index contributed by atoms with van der Waals surface area (Å²) in [7, 11) is 3.74. The normalized spacial score (nSPS) is 17.2. The minimum absolute atomic E-state index is 0. The summed E-state index contributed by atoms with van der Waals surface area (Å²) in [6.45, 7) is 6.56. The molecule has 1 aromatic carbocycles. The van der Waals surface area contributed by atoms with Gasteiger partial charge in [0.2, 0.25) is 0 Å². The molecule has 1 aliphatic rings. The summed E-state index contributed by atoms with van der Waals surface area (Å²) < 4.78 is 15.4. The van der Waals surface area contributed by atoms with E-state index < -0.39 is 0 Å². The van der Waals surface area contributed by atoms with Gasteiger partial charge in [-0.15, -0.1) is 24.0 Å². The maximum Gasteiger partial charge on any atom is 0.191 e. The molecule has 2 heterocycles. The number of piperidine rings is 1. The van der Waals surface area contributed by atoms with Crippen molar-refractivity contribution in [2.75, 3.05) is 25.0 Å². The number of nitrogens with zero attached hydrogens (tertiary/aromatic N) is 4. The zero-order valence-corrected chi connectivity index (χ0v) is 19.3. The zero-order chi connectivity index (χ0) is 19.4. The van der Waals surface area contributed by atoms with Crippen molar-refractivity contribution < 1.29 is 4.39 Å². The van der Waals surface area contributed by atoms with Gasteiger partial charge < -0.3 is 15.5 Å². The zero-order valence-electron chi connectivity index (χ0n) is 17.0. The van der Waals surface area contributed by atoms with Crippen LogP contribution in [0.2, 0.25) is 0 Å². The molecule has 6 nitrogen and oxygen atoms in total. The van der Waals surface area contributed by atoms with Crippen molar-refractivity contribution in [3.63, 3.8) is 0 Å². The molecular formula is C20H30FIN6. The van der Waals surface area contributed by atoms with Gasteiger partial charge >= 0.3 is 0 Å². The van der Waals surface area contributed by atoms with Crippen LogP contribution in [0, 0.1) is 19.7 Å². The summed E-state index contributed by atoms with van der Waals surface area (Å²) in [5, 5.41) is 11.4. The molecule has 0 bridgehead atoms. The molecule has 3 rings (SSSR count). The number of hydrogen-bond donors (Lipinski definition) is 2. The van der Waals surface area contributed by atoms with Crippen molar-refractivity contribution in [1.82, 2.24) is 20.4 Å². The summed E-state index contributed by atoms with van der Waals surface area (Å²) >= 11 is 0. The van der Waals surface area contributed by atoms with E-state index in [1.807, 2.05) is 24.7 Å². The number of nitrogens with one attached hydrogen (secondary N) is 2. The molecule has 0 radical (unpaired) electrons. The number of guanidine groups is 1. The van der Waals surface area contributed by atoms with E-state index in [1.54, 1.807) is 19.2 Å². The van der Waals surface area contributed by atoms with Gasteiger partial charge in [-0.2, -0.15) is 5.10 Å². The largest absolute Gasteiger partial charge is 0.369 e. The first-order valence-electron chi connectivity index (χ1n) is 9.44. The lowest BCUT2D eigenvalue weighted by molar-refractivity contribution is 0.467. The van der Waals surface area contributed by atoms with Crippen LogP contribution in [-0.4, -0.2) is 41.9 Å². The average molecular weight is 500 g/mol. The fourth-order valence-electron chi connectivity index (χ4n) is 3.64. The summed E-state index contributed by atoms with van der Waals surface area (Å²) in [6, 6.07) is 7.08. The van der Waals surface area contributed by atoms with Crippen LogP contribution in [0.15, 0.2) is 29.3 Å². The molecular weight excluding hydrogens is 470 g/mol. The molecule has 1 aliphatic heterocycles. The second kappa shape index (κ2) is 10.1. The topological polar surface area (TPSA) is 57.5 Å². The Balaban J connectivity index is 0.00000280. The van der Waals surface area contributed by atoms with Crippen LogP contribution >= 0.6 is 24.0 Å². The van der Waals surface area contributed by atoms with Crippen LogP contribution in [0.1, 0.15) is 29.8 Å². The van der Waals surface area contributed by atoms with Gasteiger partial charge in [0, 0.05) is 56.7 Å². The highest BCUT2D eigenvalue weighted by Crippen LogP contribution is 2.20. The average Bonchev–Trinajstić information content (AvgIpc) is 2.91. The van der Waals surface area contributed by atoms with E-state index in [4.69, 9.17) is 0 Å². The number of benzene rings is 1. The van der Waals surface area contributed by atoms with Crippen molar-refractivity contribution in [2.24, 2.45) is 12.0 Å². The quantitative estimate of drug-likeness (QED) is 0.385. The predicted molar refractivity (Wildman–Crippen MR) is 123 cm³/mol. The standard InChI is InChI=1S/C20H29FN6.HI/c1-14-19(15(2)26(4)25-14)12-23-20(22-3)24-17-8-6-10-27(13-17)18-9-5-7-16(21)11-18;/h5,7,9,11,17H,6,8,10,12-13H2,1-4H3,(H2,22,23,24);1H. The van der Waals surface area contributed by atoms with Crippen LogP contribution in [-0.2, 0) is 13.6 Å². The number of hydrogen-bond acceptors (Lipinski definition) is 3. The van der Waals surface area contributed by atoms with Gasteiger partial charge in [0.15, 0.2) is 5.96 Å². The first kappa shape index (κ1) is 22.4. The Labute approximate surface area is 183 Å². The van der Waals surface area contributed by atoms with Gasteiger partial charge in [0.05, 0.1) is 5.69 Å². The van der Waals surface area contributed by atoms with Gasteiger partial charge in [-0.1, -0.05) is 6.07 Å². The molecule has 28 heavy (non-hydrogen) atoms. The number of aryl methyl sites for hydroxylation is 2. The molecule has 0 spiro atoms. The van der Waals surface area contributed by atoms with E-state index in [9.17, 15) is 4.39 Å². The first-order valence-corrected chi connectivity index (χ1v) is 9.44. The van der Waals surface area contributed by atoms with Crippen LogP contribution in [0.25, 0.3) is 0 Å². The Morgan fingerprint density at radius 1 is 1.36 bits per heavy atom. The molecule has 1 saturated heterocycles. The van der Waals surface area contributed by atoms with Crippen molar-refractivity contribution in [1.29, 1.82) is 0 Å². The molecule has 0 amide bonds. The Morgan fingerprint density at radius 2 is 2.14 bits per heavy atom. The van der Waals surface area contributed by atoms with E-state index in [-0.39, 0.29) is 35.8 Å². The lowest BCUT2D eigenvalue weighted by Gasteiger charge is -2.35. The molecule has 2 aromatic rings. The lowest BCUT2D eigenvalue weighted by Crippen LogP contribution is -2.51. The first-order chi connectivity index (χ1) is 13.0. The minimum Gasteiger partial charge on any atom is -0.369 e.